The molecule has 1 unspecified atom stereocenters. The average molecular weight is 339 g/mol. The van der Waals surface area contributed by atoms with Crippen LogP contribution in [0.3, 0.4) is 0 Å². The summed E-state index contributed by atoms with van der Waals surface area (Å²) in [5, 5.41) is 11.6. The lowest BCUT2D eigenvalue weighted by Crippen LogP contribution is -2.44. The second-order valence-corrected chi connectivity index (χ2v) is 4.57. The van der Waals surface area contributed by atoms with E-state index in [1.54, 1.807) is 0 Å². The minimum Gasteiger partial charge on any atom is -0.493 e. The number of carbonyl (C=O) groups is 2. The van der Waals surface area contributed by atoms with E-state index >= 15 is 0 Å². The maximum absolute atomic E-state index is 12.4. The zero-order valence-corrected chi connectivity index (χ0v) is 13.8. The van der Waals surface area contributed by atoms with Gasteiger partial charge >= 0.3 is 5.97 Å². The van der Waals surface area contributed by atoms with Gasteiger partial charge in [0.25, 0.3) is 5.91 Å². The summed E-state index contributed by atoms with van der Waals surface area (Å²) >= 11 is 0. The van der Waals surface area contributed by atoms with Crippen molar-refractivity contribution < 1.29 is 33.6 Å². The number of carboxylic acids is 1. The van der Waals surface area contributed by atoms with Gasteiger partial charge in [0.15, 0.2) is 17.5 Å². The third-order valence-corrected chi connectivity index (χ3v) is 3.07. The molecule has 24 heavy (non-hydrogen) atoms. The number of nitrogens with one attached hydrogen (secondary N) is 1. The molecule has 1 aromatic rings. The molecule has 0 aliphatic rings. The largest absolute Gasteiger partial charge is 0.493 e. The number of carbonyl (C=O) groups excluding carboxylic acids is 1. The second kappa shape index (κ2) is 9.41. The number of benzene rings is 1. The highest BCUT2D eigenvalue weighted by Gasteiger charge is 2.25. The number of amides is 1. The Balaban J connectivity index is 3.04. The molecule has 0 radical (unpaired) electrons. The molecular weight excluding hydrogens is 318 g/mol. The summed E-state index contributed by atoms with van der Waals surface area (Å²) in [6.07, 6.45) is 1.48. The van der Waals surface area contributed by atoms with Crippen LogP contribution in [-0.4, -0.2) is 57.6 Å². The summed E-state index contributed by atoms with van der Waals surface area (Å²) in [5.41, 5.74) is 0.116. The molecular formula is C16H21NO7. The number of carboxylic acid groups (broad SMARTS) is 1. The molecule has 0 saturated carbocycles. The Kier molecular flexibility index (Phi) is 7.57. The van der Waals surface area contributed by atoms with Crippen molar-refractivity contribution in [1.82, 2.24) is 5.32 Å². The summed E-state index contributed by atoms with van der Waals surface area (Å²) in [5.74, 6) is -1.09. The molecule has 1 amide bonds. The van der Waals surface area contributed by atoms with E-state index in [0.717, 1.165) is 0 Å². The summed E-state index contributed by atoms with van der Waals surface area (Å²) in [6, 6.07) is 1.77. The number of aliphatic carboxylic acids is 1. The second-order valence-electron chi connectivity index (χ2n) is 4.57. The highest BCUT2D eigenvalue weighted by atomic mass is 16.5. The number of ether oxygens (including phenoxy) is 4. The fraction of sp³-hybridized carbons (Fsp3) is 0.375. The van der Waals surface area contributed by atoms with Crippen LogP contribution in [0.1, 0.15) is 10.4 Å². The lowest BCUT2D eigenvalue weighted by Gasteiger charge is -2.18. The third kappa shape index (κ3) is 4.63. The minimum absolute atomic E-state index is 0.116. The smallest absolute Gasteiger partial charge is 0.328 e. The maximum atomic E-state index is 12.4. The summed E-state index contributed by atoms with van der Waals surface area (Å²) in [7, 11) is 4.23. The van der Waals surface area contributed by atoms with Crippen LogP contribution < -0.4 is 19.5 Å². The molecule has 0 aromatic heterocycles. The van der Waals surface area contributed by atoms with Crippen molar-refractivity contribution in [2.75, 3.05) is 34.5 Å². The van der Waals surface area contributed by atoms with Crippen LogP contribution in [0.4, 0.5) is 0 Å². The van der Waals surface area contributed by atoms with Crippen molar-refractivity contribution in [1.29, 1.82) is 0 Å². The normalized spacial score (nSPS) is 11.3. The van der Waals surface area contributed by atoms with Gasteiger partial charge < -0.3 is 29.4 Å². The van der Waals surface area contributed by atoms with E-state index in [1.807, 2.05) is 0 Å². The predicted octanol–water partition coefficient (Wildman–Crippen LogP) is 1.10. The molecule has 2 N–H and O–H groups in total. The fourth-order valence-corrected chi connectivity index (χ4v) is 1.96. The predicted molar refractivity (Wildman–Crippen MR) is 86.0 cm³/mol. The zero-order chi connectivity index (χ0) is 18.1. The lowest BCUT2D eigenvalue weighted by molar-refractivity contribution is -0.140. The summed E-state index contributed by atoms with van der Waals surface area (Å²) in [6.45, 7) is 3.46. The van der Waals surface area contributed by atoms with E-state index in [9.17, 15) is 14.7 Å². The monoisotopic (exact) mass is 339 g/mol. The first-order chi connectivity index (χ1) is 11.5. The van der Waals surface area contributed by atoms with Gasteiger partial charge in [-0.3, -0.25) is 4.79 Å². The van der Waals surface area contributed by atoms with Gasteiger partial charge in [-0.2, -0.15) is 0 Å². The molecule has 0 heterocycles. The molecule has 1 atom stereocenters. The van der Waals surface area contributed by atoms with Crippen LogP contribution in [0.15, 0.2) is 24.8 Å². The van der Waals surface area contributed by atoms with Gasteiger partial charge in [-0.25, -0.2) is 4.79 Å². The van der Waals surface area contributed by atoms with Crippen molar-refractivity contribution >= 4 is 11.9 Å². The van der Waals surface area contributed by atoms with E-state index < -0.39 is 17.9 Å². The Morgan fingerprint density at radius 2 is 1.88 bits per heavy atom. The molecule has 0 spiro atoms. The Morgan fingerprint density at radius 1 is 1.21 bits per heavy atom. The molecule has 1 aromatic carbocycles. The van der Waals surface area contributed by atoms with E-state index in [0.29, 0.717) is 5.75 Å². The van der Waals surface area contributed by atoms with Crippen LogP contribution in [0, 0.1) is 0 Å². The summed E-state index contributed by atoms with van der Waals surface area (Å²) in [4.78, 5) is 23.7. The van der Waals surface area contributed by atoms with E-state index in [-0.39, 0.29) is 30.3 Å². The highest BCUT2D eigenvalue weighted by molar-refractivity contribution is 6.00. The number of hydrogen-bond donors (Lipinski definition) is 2. The van der Waals surface area contributed by atoms with Crippen LogP contribution >= 0.6 is 0 Å². The van der Waals surface area contributed by atoms with Gasteiger partial charge in [-0.15, -0.1) is 6.58 Å². The minimum atomic E-state index is -1.22. The van der Waals surface area contributed by atoms with E-state index in [1.165, 1.54) is 39.5 Å². The van der Waals surface area contributed by atoms with Gasteiger partial charge in [-0.1, -0.05) is 6.08 Å². The molecule has 0 aliphatic heterocycles. The molecule has 0 aliphatic carbocycles. The lowest BCUT2D eigenvalue weighted by atomic mass is 10.1. The molecule has 132 valence electrons. The first-order valence-electron chi connectivity index (χ1n) is 7.01. The molecule has 8 heteroatoms. The Labute approximate surface area is 140 Å². The van der Waals surface area contributed by atoms with Crippen molar-refractivity contribution in [2.24, 2.45) is 0 Å². The highest BCUT2D eigenvalue weighted by Crippen LogP contribution is 2.39. The van der Waals surface area contributed by atoms with Crippen LogP contribution in [-0.2, 0) is 9.53 Å². The SMILES string of the molecule is C=CCOCC(NC(=O)c1ccc(OC)c(OC)c1OC)C(=O)O. The first kappa shape index (κ1) is 19.3. The number of hydrogen-bond acceptors (Lipinski definition) is 6. The van der Waals surface area contributed by atoms with Gasteiger partial charge in [0.05, 0.1) is 40.1 Å². The van der Waals surface area contributed by atoms with Crippen LogP contribution in [0.25, 0.3) is 0 Å². The van der Waals surface area contributed by atoms with Crippen molar-refractivity contribution in [3.05, 3.63) is 30.4 Å². The number of methoxy groups -OCH3 is 3. The van der Waals surface area contributed by atoms with Gasteiger partial charge in [0.2, 0.25) is 5.75 Å². The third-order valence-electron chi connectivity index (χ3n) is 3.07. The van der Waals surface area contributed by atoms with Crippen LogP contribution in [0.5, 0.6) is 17.2 Å². The van der Waals surface area contributed by atoms with E-state index in [2.05, 4.69) is 11.9 Å². The molecule has 8 nitrogen and oxygen atoms in total. The van der Waals surface area contributed by atoms with Gasteiger partial charge in [-0.05, 0) is 12.1 Å². The molecule has 1 rings (SSSR count). The van der Waals surface area contributed by atoms with Gasteiger partial charge in [0.1, 0.15) is 0 Å². The van der Waals surface area contributed by atoms with E-state index in [4.69, 9.17) is 18.9 Å². The average Bonchev–Trinajstić information content (AvgIpc) is 2.58. The topological polar surface area (TPSA) is 103 Å². The zero-order valence-electron chi connectivity index (χ0n) is 13.8. The molecule has 0 bridgehead atoms. The van der Waals surface area contributed by atoms with Gasteiger partial charge in [0, 0.05) is 0 Å². The standard InChI is InChI=1S/C16H21NO7/c1-5-8-24-9-11(16(19)20)17-15(18)10-6-7-12(21-2)14(23-4)13(10)22-3/h5-7,11H,1,8-9H2,2-4H3,(H,17,18)(H,19,20). The summed E-state index contributed by atoms with van der Waals surface area (Å²) < 4.78 is 20.6. The van der Waals surface area contributed by atoms with Crippen molar-refractivity contribution in [3.8, 4) is 17.2 Å². The molecule has 0 saturated heterocycles. The Morgan fingerprint density at radius 3 is 2.38 bits per heavy atom. The van der Waals surface area contributed by atoms with Crippen LogP contribution in [0.2, 0.25) is 0 Å². The number of rotatable bonds is 10. The fourth-order valence-electron chi connectivity index (χ4n) is 1.96. The Hall–Kier alpha value is -2.74. The first-order valence-corrected chi connectivity index (χ1v) is 7.01. The molecule has 0 fully saturated rings. The quantitative estimate of drug-likeness (QED) is 0.486. The Bertz CT molecular complexity index is 600. The van der Waals surface area contributed by atoms with Crippen molar-refractivity contribution in [3.63, 3.8) is 0 Å². The van der Waals surface area contributed by atoms with Crippen molar-refractivity contribution in [2.45, 2.75) is 6.04 Å². The maximum Gasteiger partial charge on any atom is 0.328 e.